The van der Waals surface area contributed by atoms with E-state index in [1.807, 2.05) is 0 Å². The summed E-state index contributed by atoms with van der Waals surface area (Å²) in [6.45, 7) is 4.28. The van der Waals surface area contributed by atoms with E-state index in [2.05, 4.69) is 0 Å². The van der Waals surface area contributed by atoms with Gasteiger partial charge in [0.1, 0.15) is 0 Å². The van der Waals surface area contributed by atoms with E-state index in [-0.39, 0.29) is 71.1 Å². The molecule has 0 bridgehead atoms. The third-order valence-corrected chi connectivity index (χ3v) is 3.13. The van der Waals surface area contributed by atoms with Crippen molar-refractivity contribution in [3.05, 3.63) is 5.92 Å². The molecule has 0 amide bonds. The van der Waals surface area contributed by atoms with Gasteiger partial charge in [0.2, 0.25) is 0 Å². The molecule has 1 N–H and O–H groups in total. The first-order valence-electron chi connectivity index (χ1n) is 6.96. The van der Waals surface area contributed by atoms with Gasteiger partial charge in [-0.3, -0.25) is 0 Å². The molecule has 0 saturated carbocycles. The fourth-order valence-corrected chi connectivity index (χ4v) is 2.02. The zero-order valence-electron chi connectivity index (χ0n) is 16.4. The van der Waals surface area contributed by atoms with Gasteiger partial charge in [-0.05, 0) is 0 Å². The summed E-state index contributed by atoms with van der Waals surface area (Å²) in [5.74, 6) is -2.35. The van der Waals surface area contributed by atoms with Gasteiger partial charge in [-0.1, -0.05) is 49.0 Å². The maximum atomic E-state index is 13.1. The Hall–Kier alpha value is 0.855. The Morgan fingerprint density at radius 2 is 0.700 bits per heavy atom. The summed E-state index contributed by atoms with van der Waals surface area (Å²) in [6, 6.07) is 0. The summed E-state index contributed by atoms with van der Waals surface area (Å²) in [5, 5.41) is 0. The second-order valence-electron chi connectivity index (χ2n) is 7.52. The van der Waals surface area contributed by atoms with E-state index in [0.29, 0.717) is 20.8 Å². The predicted molar refractivity (Wildman–Crippen MR) is 78.9 cm³/mol. The van der Waals surface area contributed by atoms with Crippen LogP contribution < -0.4 is 58.2 Å². The molecule has 0 radical (unpaired) electrons. The second-order valence-corrected chi connectivity index (χ2v) is 7.52. The first-order valence-corrected chi connectivity index (χ1v) is 6.96. The predicted octanol–water partition coefficient (Wildman–Crippen LogP) is 5.06. The smallest absolute Gasteiger partial charge is 0.870 e. The van der Waals surface area contributed by atoms with Gasteiger partial charge in [-0.2, -0.15) is 26.3 Å². The van der Waals surface area contributed by atoms with E-state index in [4.69, 9.17) is 0 Å². The first-order chi connectivity index (χ1) is 11.1. The van der Waals surface area contributed by atoms with E-state index in [0.717, 1.165) is 20.8 Å². The molecule has 0 atom stereocenters. The molecular weight excluding hydrogens is 529 g/mol. The van der Waals surface area contributed by atoms with Crippen molar-refractivity contribution in [2.75, 3.05) is 0 Å². The van der Waals surface area contributed by atoms with Crippen LogP contribution in [0.3, 0.4) is 0 Å². The van der Waals surface area contributed by atoms with Gasteiger partial charge in [0.25, 0.3) is 12.4 Å². The molecule has 0 rings (SSSR count). The van der Waals surface area contributed by atoms with E-state index < -0.39 is 47.1 Å². The Morgan fingerprint density at radius 3 is 0.700 bits per heavy atom. The third-order valence-electron chi connectivity index (χ3n) is 3.13. The normalized spacial score (nSPS) is 14.0. The van der Waals surface area contributed by atoms with E-state index in [9.17, 15) is 57.1 Å². The quantitative estimate of drug-likeness (QED) is 0.306. The second kappa shape index (κ2) is 11.8. The largest absolute Gasteiger partial charge is 1.00 e. The average Bonchev–Trinajstić information content (AvgIpc) is 2.16. The molecule has 182 valence electrons. The molecule has 0 spiro atoms. The number of rotatable bonds is 0. The molecule has 0 unspecified atom stereocenters. The zero-order valence-corrected chi connectivity index (χ0v) is 21.3. The summed E-state index contributed by atoms with van der Waals surface area (Å²) in [4.78, 5) is 0. The summed E-state index contributed by atoms with van der Waals surface area (Å²) in [6.07, 6.45) is -22.6. The van der Waals surface area contributed by atoms with Gasteiger partial charge >= 0.3 is 76.2 Å². The van der Waals surface area contributed by atoms with Crippen molar-refractivity contribution < 1.29 is 121 Å². The molecule has 0 heterocycles. The van der Waals surface area contributed by atoms with Gasteiger partial charge < -0.3 is 5.48 Å². The van der Waals surface area contributed by atoms with Crippen LogP contribution in [0.2, 0.25) is 0 Å². The monoisotopic (exact) mass is 551 g/mol. The van der Waals surface area contributed by atoms with Crippen LogP contribution in [0.1, 0.15) is 49.0 Å². The zero-order chi connectivity index (χ0) is 23.1. The third kappa shape index (κ3) is 10.6. The van der Waals surface area contributed by atoms with Gasteiger partial charge in [-0.25, -0.2) is 30.7 Å². The van der Waals surface area contributed by atoms with Crippen molar-refractivity contribution in [1.82, 2.24) is 0 Å². The van der Waals surface area contributed by atoms with Crippen molar-refractivity contribution in [3.63, 3.8) is 0 Å². The molecule has 0 aromatic carbocycles. The maximum absolute atomic E-state index is 13.1. The van der Waals surface area contributed by atoms with Crippen molar-refractivity contribution in [3.8, 4) is 0 Å². The van der Waals surface area contributed by atoms with Gasteiger partial charge in [0.05, 0.1) is 0 Å². The number of hydrogen-bond donors (Lipinski definition) is 0. The van der Waals surface area contributed by atoms with Crippen LogP contribution in [0.25, 0.3) is 0 Å². The van der Waals surface area contributed by atoms with E-state index >= 15 is 0 Å². The summed E-state index contributed by atoms with van der Waals surface area (Å²) >= 11 is 0. The Balaban J connectivity index is -0.000000127. The van der Waals surface area contributed by atoms with Gasteiger partial charge in [0.15, 0.2) is 0 Å². The standard InChI is InChI=1S/C7H9F7.C7H9F6.CH4.H2O.Rb/c1-4(2,3)5(8,6(9,10)11)7(12,13)14;1-5(2,3)4(6(8,9)10)7(11,12)13;;;/h1-3H3;1-3H3;1H4;1H2;/q;-1;;;+1/p-1. The Morgan fingerprint density at radius 1 is 0.500 bits per heavy atom. The first kappa shape index (κ1) is 41.1. The molecule has 30 heavy (non-hydrogen) atoms. The molecule has 0 aliphatic carbocycles. The number of alkyl halides is 13. The molecular formula is C15H23F13ORb-. The van der Waals surface area contributed by atoms with Crippen molar-refractivity contribution in [1.29, 1.82) is 0 Å². The van der Waals surface area contributed by atoms with Crippen molar-refractivity contribution in [2.24, 2.45) is 10.8 Å². The topological polar surface area (TPSA) is 30.0 Å². The Bertz CT molecular complexity index is 406. The minimum Gasteiger partial charge on any atom is -0.870 e. The number of halogens is 13. The molecule has 0 aliphatic rings. The minimum atomic E-state index is -5.97. The van der Waals surface area contributed by atoms with Crippen LogP contribution in [0.4, 0.5) is 57.1 Å². The fourth-order valence-electron chi connectivity index (χ4n) is 2.02. The minimum absolute atomic E-state index is 0. The van der Waals surface area contributed by atoms with Crippen molar-refractivity contribution >= 4 is 0 Å². The van der Waals surface area contributed by atoms with Gasteiger partial charge in [0, 0.05) is 5.41 Å². The summed E-state index contributed by atoms with van der Waals surface area (Å²) in [7, 11) is 0. The van der Waals surface area contributed by atoms with Crippen molar-refractivity contribution in [2.45, 2.75) is 79.3 Å². The Labute approximate surface area is 215 Å². The fraction of sp³-hybridized carbons (Fsp3) is 0.933. The van der Waals surface area contributed by atoms with E-state index in [1.165, 1.54) is 0 Å². The van der Waals surface area contributed by atoms with Crippen LogP contribution in [0, 0.1) is 16.7 Å². The van der Waals surface area contributed by atoms with Crippen LogP contribution in [-0.4, -0.2) is 35.9 Å². The summed E-state index contributed by atoms with van der Waals surface area (Å²) in [5.41, 5.74) is -9.73. The molecule has 0 aromatic heterocycles. The van der Waals surface area contributed by atoms with Crippen LogP contribution >= 0.6 is 0 Å². The number of hydrogen-bond acceptors (Lipinski definition) is 1. The van der Waals surface area contributed by atoms with Crippen LogP contribution in [0.15, 0.2) is 0 Å². The van der Waals surface area contributed by atoms with Crippen LogP contribution in [0.5, 0.6) is 0 Å². The average molecular weight is 552 g/mol. The summed E-state index contributed by atoms with van der Waals surface area (Å²) < 4.78 is 157. The molecule has 0 aromatic rings. The van der Waals surface area contributed by atoms with E-state index in [1.54, 1.807) is 0 Å². The van der Waals surface area contributed by atoms with Gasteiger partial charge in [-0.15, -0.1) is 11.3 Å². The molecule has 0 fully saturated rings. The molecule has 1 nitrogen and oxygen atoms in total. The molecule has 0 saturated heterocycles. The Kier molecular flexibility index (Phi) is 16.2. The molecule has 15 heteroatoms. The SMILES string of the molecule is C.CC(C)(C)C(F)(C(F)(F)F)C(F)(F)F.CC(C)(C)[C-](C(F)(F)F)C(F)(F)F.[OH-].[Rb+]. The maximum Gasteiger partial charge on any atom is 1.00 e. The van der Waals surface area contributed by atoms with Crippen LogP contribution in [-0.2, 0) is 0 Å². The molecule has 0 aliphatic heterocycles.